The van der Waals surface area contributed by atoms with E-state index in [0.29, 0.717) is 10.6 Å². The fraction of sp³-hybridized carbons (Fsp3) is 0.222. The topological polar surface area (TPSA) is 75.6 Å². The highest BCUT2D eigenvalue weighted by molar-refractivity contribution is 6.31. The van der Waals surface area contributed by atoms with Crippen molar-refractivity contribution in [3.63, 3.8) is 0 Å². The minimum atomic E-state index is -1.15. The maximum Gasteiger partial charge on any atom is 0.408 e. The number of hydrogen-bond donors (Lipinski definition) is 2. The van der Waals surface area contributed by atoms with Gasteiger partial charge in [0, 0.05) is 11.4 Å². The van der Waals surface area contributed by atoms with Crippen LogP contribution in [0.5, 0.6) is 0 Å². The third kappa shape index (κ3) is 5.28. The van der Waals surface area contributed by atoms with Crippen molar-refractivity contribution in [2.45, 2.75) is 26.0 Å². The van der Waals surface area contributed by atoms with Gasteiger partial charge >= 0.3 is 12.1 Å². The molecule has 2 N–H and O–H groups in total. The summed E-state index contributed by atoms with van der Waals surface area (Å²) in [5.74, 6) is -1.15. The first-order valence-electron chi connectivity index (χ1n) is 7.41. The maximum atomic E-state index is 11.8. The fourth-order valence-corrected chi connectivity index (χ4v) is 2.46. The third-order valence-corrected chi connectivity index (χ3v) is 3.79. The smallest absolute Gasteiger partial charge is 0.408 e. The average molecular weight is 348 g/mol. The summed E-state index contributed by atoms with van der Waals surface area (Å²) in [6.45, 7) is 1.97. The van der Waals surface area contributed by atoms with E-state index >= 15 is 0 Å². The van der Waals surface area contributed by atoms with Gasteiger partial charge in [-0.05, 0) is 29.7 Å². The standard InChI is InChI=1S/C18H18ClNO4/c1-12-7-8-14(15(19)9-12)10-16(17(21)22)20-18(23)24-11-13-5-3-2-4-6-13/h2-9,16H,10-11H2,1H3,(H,20,23)(H,21,22)/t16-/m0/s1. The van der Waals surface area contributed by atoms with E-state index in [1.54, 1.807) is 12.1 Å². The molecule has 0 heterocycles. The summed E-state index contributed by atoms with van der Waals surface area (Å²) in [6.07, 6.45) is -0.705. The van der Waals surface area contributed by atoms with Crippen LogP contribution >= 0.6 is 11.6 Å². The highest BCUT2D eigenvalue weighted by atomic mass is 35.5. The number of carboxylic acids is 1. The molecule has 2 aromatic rings. The molecule has 0 saturated heterocycles. The van der Waals surface area contributed by atoms with E-state index in [0.717, 1.165) is 11.1 Å². The van der Waals surface area contributed by atoms with E-state index in [4.69, 9.17) is 16.3 Å². The molecular weight excluding hydrogens is 330 g/mol. The normalized spacial score (nSPS) is 11.6. The summed E-state index contributed by atoms with van der Waals surface area (Å²) in [5, 5.41) is 12.1. The largest absolute Gasteiger partial charge is 0.480 e. The van der Waals surface area contributed by atoms with E-state index in [-0.39, 0.29) is 13.0 Å². The van der Waals surface area contributed by atoms with Gasteiger partial charge in [0.2, 0.25) is 0 Å². The molecular formula is C18H18ClNO4. The van der Waals surface area contributed by atoms with Crippen molar-refractivity contribution in [3.05, 3.63) is 70.2 Å². The number of halogens is 1. The number of rotatable bonds is 6. The summed E-state index contributed by atoms with van der Waals surface area (Å²) in [5.41, 5.74) is 2.45. The Labute approximate surface area is 145 Å². The third-order valence-electron chi connectivity index (χ3n) is 3.44. The van der Waals surface area contributed by atoms with E-state index in [1.165, 1.54) is 0 Å². The predicted octanol–water partition coefficient (Wildman–Crippen LogP) is 3.57. The fourth-order valence-electron chi connectivity index (χ4n) is 2.14. The zero-order chi connectivity index (χ0) is 17.5. The molecule has 0 unspecified atom stereocenters. The van der Waals surface area contributed by atoms with Crippen molar-refractivity contribution < 1.29 is 19.4 Å². The molecule has 0 saturated carbocycles. The maximum absolute atomic E-state index is 11.8. The van der Waals surface area contributed by atoms with E-state index < -0.39 is 18.1 Å². The molecule has 0 bridgehead atoms. The highest BCUT2D eigenvalue weighted by Gasteiger charge is 2.22. The van der Waals surface area contributed by atoms with Gasteiger partial charge in [0.15, 0.2) is 0 Å². The molecule has 0 aromatic heterocycles. The Morgan fingerprint density at radius 1 is 1.21 bits per heavy atom. The lowest BCUT2D eigenvalue weighted by atomic mass is 10.0. The SMILES string of the molecule is Cc1ccc(C[C@H](NC(=O)OCc2ccccc2)C(=O)O)c(Cl)c1. The van der Waals surface area contributed by atoms with Gasteiger partial charge in [-0.3, -0.25) is 0 Å². The van der Waals surface area contributed by atoms with E-state index in [2.05, 4.69) is 5.32 Å². The summed E-state index contributed by atoms with van der Waals surface area (Å²) in [7, 11) is 0. The van der Waals surface area contributed by atoms with Gasteiger partial charge in [0.1, 0.15) is 12.6 Å². The second-order valence-electron chi connectivity index (χ2n) is 5.40. The van der Waals surface area contributed by atoms with Crippen LogP contribution in [-0.4, -0.2) is 23.2 Å². The van der Waals surface area contributed by atoms with Crippen LogP contribution in [0.25, 0.3) is 0 Å². The molecule has 2 aromatic carbocycles. The van der Waals surface area contributed by atoms with Gasteiger partial charge in [-0.15, -0.1) is 0 Å². The monoisotopic (exact) mass is 347 g/mol. The second-order valence-corrected chi connectivity index (χ2v) is 5.80. The predicted molar refractivity (Wildman–Crippen MR) is 91.1 cm³/mol. The molecule has 0 spiro atoms. The number of nitrogens with one attached hydrogen (secondary N) is 1. The Balaban J connectivity index is 1.95. The molecule has 0 radical (unpaired) electrons. The van der Waals surface area contributed by atoms with Gasteiger partial charge < -0.3 is 15.2 Å². The van der Waals surface area contributed by atoms with Crippen LogP contribution in [0.4, 0.5) is 4.79 Å². The number of amides is 1. The summed E-state index contributed by atoms with van der Waals surface area (Å²) in [4.78, 5) is 23.2. The lowest BCUT2D eigenvalue weighted by molar-refractivity contribution is -0.139. The molecule has 0 aliphatic carbocycles. The summed E-state index contributed by atoms with van der Waals surface area (Å²) >= 11 is 6.12. The molecule has 1 atom stereocenters. The minimum Gasteiger partial charge on any atom is -0.480 e. The molecule has 24 heavy (non-hydrogen) atoms. The number of carboxylic acid groups (broad SMARTS) is 1. The Kier molecular flexibility index (Phi) is 6.21. The average Bonchev–Trinajstić information content (AvgIpc) is 2.55. The van der Waals surface area contributed by atoms with Crippen LogP contribution in [0.3, 0.4) is 0 Å². The minimum absolute atomic E-state index is 0.0737. The van der Waals surface area contributed by atoms with Gasteiger partial charge in [0.05, 0.1) is 0 Å². The first kappa shape index (κ1) is 17.8. The molecule has 126 valence electrons. The van der Waals surface area contributed by atoms with E-state index in [9.17, 15) is 14.7 Å². The number of alkyl carbamates (subject to hydrolysis) is 1. The van der Waals surface area contributed by atoms with Crippen molar-refractivity contribution in [1.29, 1.82) is 0 Å². The number of carbonyl (C=O) groups excluding carboxylic acids is 1. The van der Waals surface area contributed by atoms with Crippen molar-refractivity contribution in [2.75, 3.05) is 0 Å². The van der Waals surface area contributed by atoms with Crippen molar-refractivity contribution >= 4 is 23.7 Å². The molecule has 0 aliphatic rings. The van der Waals surface area contributed by atoms with Crippen molar-refractivity contribution in [1.82, 2.24) is 5.32 Å². The van der Waals surface area contributed by atoms with Gasteiger partial charge in [-0.1, -0.05) is 54.1 Å². The number of carbonyl (C=O) groups is 2. The van der Waals surface area contributed by atoms with Gasteiger partial charge in [-0.2, -0.15) is 0 Å². The van der Waals surface area contributed by atoms with Crippen LogP contribution in [0.2, 0.25) is 5.02 Å². The number of aryl methyl sites for hydroxylation is 1. The number of ether oxygens (including phenoxy) is 1. The van der Waals surface area contributed by atoms with Crippen LogP contribution in [-0.2, 0) is 22.6 Å². The number of benzene rings is 2. The highest BCUT2D eigenvalue weighted by Crippen LogP contribution is 2.19. The van der Waals surface area contributed by atoms with Crippen molar-refractivity contribution in [2.24, 2.45) is 0 Å². The van der Waals surface area contributed by atoms with E-state index in [1.807, 2.05) is 43.3 Å². The number of hydrogen-bond acceptors (Lipinski definition) is 3. The number of aliphatic carboxylic acids is 1. The molecule has 0 aliphatic heterocycles. The Hall–Kier alpha value is -2.53. The Morgan fingerprint density at radius 2 is 1.92 bits per heavy atom. The quantitative estimate of drug-likeness (QED) is 0.837. The van der Waals surface area contributed by atoms with Gasteiger partial charge in [-0.25, -0.2) is 9.59 Å². The lowest BCUT2D eigenvalue weighted by Gasteiger charge is -2.15. The lowest BCUT2D eigenvalue weighted by Crippen LogP contribution is -2.42. The molecule has 1 amide bonds. The molecule has 6 heteroatoms. The van der Waals surface area contributed by atoms with Crippen LogP contribution in [0.1, 0.15) is 16.7 Å². The van der Waals surface area contributed by atoms with Gasteiger partial charge in [0.25, 0.3) is 0 Å². The zero-order valence-corrected chi connectivity index (χ0v) is 13.9. The van der Waals surface area contributed by atoms with Crippen LogP contribution in [0, 0.1) is 6.92 Å². The summed E-state index contributed by atoms with van der Waals surface area (Å²) < 4.78 is 5.05. The molecule has 2 rings (SSSR count). The molecule has 0 fully saturated rings. The Morgan fingerprint density at radius 3 is 2.54 bits per heavy atom. The summed E-state index contributed by atoms with van der Waals surface area (Å²) in [6, 6.07) is 13.4. The van der Waals surface area contributed by atoms with Crippen LogP contribution in [0.15, 0.2) is 48.5 Å². The van der Waals surface area contributed by atoms with Crippen LogP contribution < -0.4 is 5.32 Å². The first-order valence-corrected chi connectivity index (χ1v) is 7.78. The molecule has 5 nitrogen and oxygen atoms in total. The Bertz CT molecular complexity index is 718. The second kappa shape index (κ2) is 8.36. The first-order chi connectivity index (χ1) is 11.5. The zero-order valence-electron chi connectivity index (χ0n) is 13.2. The van der Waals surface area contributed by atoms with Crippen molar-refractivity contribution in [3.8, 4) is 0 Å².